The van der Waals surface area contributed by atoms with E-state index in [1.54, 1.807) is 0 Å². The van der Waals surface area contributed by atoms with Crippen LogP contribution in [0.1, 0.15) is 40.0 Å². The summed E-state index contributed by atoms with van der Waals surface area (Å²) < 4.78 is 0. The van der Waals surface area contributed by atoms with Crippen LogP contribution in [0.3, 0.4) is 0 Å². The van der Waals surface area contributed by atoms with E-state index in [-0.39, 0.29) is 0 Å². The van der Waals surface area contributed by atoms with Crippen molar-refractivity contribution in [1.82, 2.24) is 4.90 Å². The zero-order valence-electron chi connectivity index (χ0n) is 13.1. The molecule has 1 atom stereocenters. The first-order valence-corrected chi connectivity index (χ1v) is 8.91. The molecule has 2 rings (SSSR count). The van der Waals surface area contributed by atoms with Crippen molar-refractivity contribution in [2.24, 2.45) is 0 Å². The van der Waals surface area contributed by atoms with Crippen LogP contribution >= 0.6 is 11.8 Å². The van der Waals surface area contributed by atoms with Gasteiger partial charge in [0.15, 0.2) is 0 Å². The maximum absolute atomic E-state index is 3.79. The summed E-state index contributed by atoms with van der Waals surface area (Å²) in [6, 6.07) is 10.0. The number of likely N-dealkylation sites (tertiary alicyclic amines) is 1. The highest BCUT2D eigenvalue weighted by molar-refractivity contribution is 7.99. The summed E-state index contributed by atoms with van der Waals surface area (Å²) >= 11 is 1.93. The molecular formula is C17H28N2S. The lowest BCUT2D eigenvalue weighted by atomic mass is 10.1. The second-order valence-corrected chi connectivity index (χ2v) is 7.14. The largest absolute Gasteiger partial charge is 0.381 e. The standard InChI is InChI=1S/C17H28N2S/c1-4-20-17-10-6-5-9-16(17)18-15-8-7-12-19(13-11-15)14(2)3/h5-6,9-10,14-15,18H,4,7-8,11-13H2,1-3H3. The SMILES string of the molecule is CCSc1ccccc1NC1CCCN(C(C)C)CC1. The Morgan fingerprint density at radius 3 is 2.80 bits per heavy atom. The fourth-order valence-electron chi connectivity index (χ4n) is 2.87. The Hall–Kier alpha value is -0.670. The second-order valence-electron chi connectivity index (χ2n) is 5.83. The molecule has 3 heteroatoms. The van der Waals surface area contributed by atoms with Gasteiger partial charge >= 0.3 is 0 Å². The van der Waals surface area contributed by atoms with Crippen molar-refractivity contribution in [2.75, 3.05) is 24.2 Å². The van der Waals surface area contributed by atoms with Crippen LogP contribution in [0, 0.1) is 0 Å². The van der Waals surface area contributed by atoms with Crippen LogP contribution in [0.15, 0.2) is 29.2 Å². The first-order valence-electron chi connectivity index (χ1n) is 7.93. The average molecular weight is 292 g/mol. The van der Waals surface area contributed by atoms with E-state index in [4.69, 9.17) is 0 Å². The van der Waals surface area contributed by atoms with Crippen LogP contribution in [0.5, 0.6) is 0 Å². The summed E-state index contributed by atoms with van der Waals surface area (Å²) in [6.07, 6.45) is 3.84. The van der Waals surface area contributed by atoms with Crippen molar-refractivity contribution in [3.05, 3.63) is 24.3 Å². The molecule has 1 aliphatic rings. The third-order valence-electron chi connectivity index (χ3n) is 4.04. The molecule has 1 aliphatic heterocycles. The first kappa shape index (κ1) is 15.7. The van der Waals surface area contributed by atoms with Crippen LogP contribution in [-0.4, -0.2) is 35.8 Å². The maximum Gasteiger partial charge on any atom is 0.0480 e. The van der Waals surface area contributed by atoms with Gasteiger partial charge in [0, 0.05) is 29.2 Å². The van der Waals surface area contributed by atoms with Crippen LogP contribution in [0.25, 0.3) is 0 Å². The monoisotopic (exact) mass is 292 g/mol. The van der Waals surface area contributed by atoms with Gasteiger partial charge in [0.1, 0.15) is 0 Å². The topological polar surface area (TPSA) is 15.3 Å². The molecule has 1 aromatic rings. The number of rotatable bonds is 5. The summed E-state index contributed by atoms with van der Waals surface area (Å²) in [7, 11) is 0. The minimum Gasteiger partial charge on any atom is -0.381 e. The maximum atomic E-state index is 3.79. The third-order valence-corrected chi connectivity index (χ3v) is 5.00. The van der Waals surface area contributed by atoms with Gasteiger partial charge in [-0.3, -0.25) is 0 Å². The fourth-order valence-corrected chi connectivity index (χ4v) is 3.63. The highest BCUT2D eigenvalue weighted by atomic mass is 32.2. The molecule has 1 saturated heterocycles. The number of hydrogen-bond acceptors (Lipinski definition) is 3. The Morgan fingerprint density at radius 1 is 1.25 bits per heavy atom. The molecule has 0 amide bonds. The molecule has 1 fully saturated rings. The van der Waals surface area contributed by atoms with Gasteiger partial charge in [-0.25, -0.2) is 0 Å². The van der Waals surface area contributed by atoms with E-state index in [1.165, 1.54) is 42.9 Å². The molecule has 1 N–H and O–H groups in total. The van der Waals surface area contributed by atoms with Gasteiger partial charge in [0.05, 0.1) is 0 Å². The fraction of sp³-hybridized carbons (Fsp3) is 0.647. The molecule has 0 saturated carbocycles. The van der Waals surface area contributed by atoms with E-state index in [0.717, 1.165) is 5.75 Å². The summed E-state index contributed by atoms with van der Waals surface area (Å²) in [6.45, 7) is 9.30. The Labute approximate surface area is 128 Å². The van der Waals surface area contributed by atoms with Gasteiger partial charge in [-0.05, 0) is 57.5 Å². The molecule has 1 heterocycles. The number of anilines is 1. The van der Waals surface area contributed by atoms with E-state index < -0.39 is 0 Å². The normalized spacial score (nSPS) is 20.9. The van der Waals surface area contributed by atoms with Gasteiger partial charge in [0.25, 0.3) is 0 Å². The van der Waals surface area contributed by atoms with E-state index >= 15 is 0 Å². The van der Waals surface area contributed by atoms with E-state index in [0.29, 0.717) is 12.1 Å². The van der Waals surface area contributed by atoms with Gasteiger partial charge in [-0.15, -0.1) is 11.8 Å². The molecule has 0 radical (unpaired) electrons. The minimum atomic E-state index is 0.623. The molecule has 20 heavy (non-hydrogen) atoms. The van der Waals surface area contributed by atoms with Gasteiger partial charge < -0.3 is 10.2 Å². The van der Waals surface area contributed by atoms with Gasteiger partial charge in [-0.2, -0.15) is 0 Å². The molecular weight excluding hydrogens is 264 g/mol. The highest BCUT2D eigenvalue weighted by Crippen LogP contribution is 2.28. The number of nitrogens with zero attached hydrogens (tertiary/aromatic N) is 1. The minimum absolute atomic E-state index is 0.623. The number of nitrogens with one attached hydrogen (secondary N) is 1. The predicted octanol–water partition coefficient (Wildman–Crippen LogP) is 4.47. The molecule has 2 nitrogen and oxygen atoms in total. The zero-order valence-corrected chi connectivity index (χ0v) is 13.9. The number of para-hydroxylation sites is 1. The Morgan fingerprint density at radius 2 is 2.05 bits per heavy atom. The number of thioether (sulfide) groups is 1. The average Bonchev–Trinajstić information content (AvgIpc) is 2.67. The lowest BCUT2D eigenvalue weighted by Gasteiger charge is -2.24. The quantitative estimate of drug-likeness (QED) is 0.806. The molecule has 0 bridgehead atoms. The van der Waals surface area contributed by atoms with Gasteiger partial charge in [0.2, 0.25) is 0 Å². The van der Waals surface area contributed by atoms with Crippen LogP contribution in [-0.2, 0) is 0 Å². The lowest BCUT2D eigenvalue weighted by molar-refractivity contribution is 0.230. The summed E-state index contributed by atoms with van der Waals surface area (Å²) in [5.41, 5.74) is 1.32. The molecule has 0 spiro atoms. The van der Waals surface area contributed by atoms with Crippen molar-refractivity contribution in [3.8, 4) is 0 Å². The molecule has 112 valence electrons. The molecule has 0 aromatic heterocycles. The first-order chi connectivity index (χ1) is 9.70. The predicted molar refractivity (Wildman–Crippen MR) is 90.8 cm³/mol. The zero-order chi connectivity index (χ0) is 14.4. The Bertz CT molecular complexity index is 406. The molecule has 0 aliphatic carbocycles. The van der Waals surface area contributed by atoms with Crippen molar-refractivity contribution >= 4 is 17.4 Å². The van der Waals surface area contributed by atoms with E-state index in [9.17, 15) is 0 Å². The summed E-state index contributed by atoms with van der Waals surface area (Å²) in [5.74, 6) is 1.13. The van der Waals surface area contributed by atoms with Crippen LogP contribution in [0.2, 0.25) is 0 Å². The van der Waals surface area contributed by atoms with E-state index in [2.05, 4.69) is 55.3 Å². The smallest absolute Gasteiger partial charge is 0.0480 e. The second kappa shape index (κ2) is 7.94. The molecule has 1 aromatic carbocycles. The number of hydrogen-bond donors (Lipinski definition) is 1. The summed E-state index contributed by atoms with van der Waals surface area (Å²) in [5, 5.41) is 3.79. The Kier molecular flexibility index (Phi) is 6.24. The van der Waals surface area contributed by atoms with Crippen LogP contribution < -0.4 is 5.32 Å². The van der Waals surface area contributed by atoms with E-state index in [1.807, 2.05) is 11.8 Å². The Balaban J connectivity index is 1.96. The number of benzene rings is 1. The third kappa shape index (κ3) is 4.42. The van der Waals surface area contributed by atoms with Crippen molar-refractivity contribution in [1.29, 1.82) is 0 Å². The lowest BCUT2D eigenvalue weighted by Crippen LogP contribution is -2.32. The van der Waals surface area contributed by atoms with Gasteiger partial charge in [-0.1, -0.05) is 19.1 Å². The summed E-state index contributed by atoms with van der Waals surface area (Å²) in [4.78, 5) is 3.99. The van der Waals surface area contributed by atoms with Crippen molar-refractivity contribution < 1.29 is 0 Å². The van der Waals surface area contributed by atoms with Crippen molar-refractivity contribution in [2.45, 2.75) is 57.0 Å². The van der Waals surface area contributed by atoms with Crippen molar-refractivity contribution in [3.63, 3.8) is 0 Å². The van der Waals surface area contributed by atoms with Crippen LogP contribution in [0.4, 0.5) is 5.69 Å². The highest BCUT2D eigenvalue weighted by Gasteiger charge is 2.19. The molecule has 1 unspecified atom stereocenters.